The average Bonchev–Trinajstić information content (AvgIpc) is 2.14. The van der Waals surface area contributed by atoms with E-state index in [2.05, 4.69) is 26.0 Å². The normalized spacial score (nSPS) is 12.8. The summed E-state index contributed by atoms with van der Waals surface area (Å²) in [5.41, 5.74) is 7.91. The first kappa shape index (κ1) is 10.5. The van der Waals surface area contributed by atoms with Crippen molar-refractivity contribution in [3.63, 3.8) is 0 Å². The summed E-state index contributed by atoms with van der Waals surface area (Å²) < 4.78 is 0. The lowest BCUT2D eigenvalue weighted by Crippen LogP contribution is -1.92. The lowest BCUT2D eigenvalue weighted by molar-refractivity contribution is 1.06. The number of nitrogens with two attached hydrogens (primary N) is 1. The summed E-state index contributed by atoms with van der Waals surface area (Å²) in [6.07, 6.45) is 1.23. The third kappa shape index (κ3) is 3.31. The van der Waals surface area contributed by atoms with Gasteiger partial charge in [-0.05, 0) is 36.8 Å². The predicted molar refractivity (Wildman–Crippen MR) is 62.0 cm³/mol. The zero-order valence-electron chi connectivity index (χ0n) is 8.29. The number of benzene rings is 1. The van der Waals surface area contributed by atoms with Crippen LogP contribution in [0.2, 0.25) is 0 Å². The topological polar surface area (TPSA) is 26.0 Å². The van der Waals surface area contributed by atoms with E-state index in [9.17, 15) is 0 Å². The van der Waals surface area contributed by atoms with Crippen LogP contribution < -0.4 is 5.73 Å². The summed E-state index contributed by atoms with van der Waals surface area (Å²) in [5, 5.41) is 0.559. The molecule has 1 atom stereocenters. The van der Waals surface area contributed by atoms with Crippen LogP contribution in [0.1, 0.15) is 31.1 Å². The lowest BCUT2D eigenvalue weighted by Gasteiger charge is -2.11. The smallest absolute Gasteiger partial charge is 0.0317 e. The van der Waals surface area contributed by atoms with Gasteiger partial charge in [0.15, 0.2) is 0 Å². The van der Waals surface area contributed by atoms with Crippen molar-refractivity contribution in [3.8, 4) is 0 Å². The fourth-order valence-corrected chi connectivity index (χ4v) is 2.13. The third-order valence-electron chi connectivity index (χ3n) is 1.95. The summed E-state index contributed by atoms with van der Waals surface area (Å²) in [6.45, 7) is 4.44. The second kappa shape index (κ2) is 5.18. The molecule has 0 heterocycles. The first-order valence-electron chi connectivity index (χ1n) is 4.71. The van der Waals surface area contributed by atoms with Crippen molar-refractivity contribution in [2.45, 2.75) is 25.5 Å². The van der Waals surface area contributed by atoms with E-state index >= 15 is 0 Å². The van der Waals surface area contributed by atoms with Crippen molar-refractivity contribution >= 4 is 17.4 Å². The Kier molecular flexibility index (Phi) is 4.16. The van der Waals surface area contributed by atoms with Crippen LogP contribution in [0.3, 0.4) is 0 Å². The van der Waals surface area contributed by atoms with Crippen LogP contribution in [0.25, 0.3) is 0 Å². The highest BCUT2D eigenvalue weighted by atomic mass is 32.2. The van der Waals surface area contributed by atoms with Gasteiger partial charge in [0.1, 0.15) is 0 Å². The van der Waals surface area contributed by atoms with Crippen LogP contribution >= 0.6 is 11.8 Å². The van der Waals surface area contributed by atoms with E-state index in [0.29, 0.717) is 5.25 Å². The van der Waals surface area contributed by atoms with Gasteiger partial charge in [-0.3, -0.25) is 0 Å². The van der Waals surface area contributed by atoms with E-state index in [1.807, 2.05) is 23.9 Å². The van der Waals surface area contributed by atoms with E-state index in [-0.39, 0.29) is 0 Å². The van der Waals surface area contributed by atoms with Gasteiger partial charge in [0.05, 0.1) is 0 Å². The Bertz CT molecular complexity index is 260. The largest absolute Gasteiger partial charge is 0.399 e. The molecular weight excluding hydrogens is 178 g/mol. The molecule has 2 heteroatoms. The summed E-state index contributed by atoms with van der Waals surface area (Å²) >= 11 is 1.98. The predicted octanol–water partition coefficient (Wildman–Crippen LogP) is 3.47. The van der Waals surface area contributed by atoms with E-state index < -0.39 is 0 Å². The molecule has 1 aromatic rings. The minimum Gasteiger partial charge on any atom is -0.399 e. The number of thioether (sulfide) groups is 1. The summed E-state index contributed by atoms with van der Waals surface area (Å²) in [5.74, 6) is 1.22. The molecule has 13 heavy (non-hydrogen) atoms. The number of nitrogen functional groups attached to an aromatic ring is 1. The van der Waals surface area contributed by atoms with Crippen LogP contribution in [0.4, 0.5) is 5.69 Å². The van der Waals surface area contributed by atoms with Crippen molar-refractivity contribution in [1.82, 2.24) is 0 Å². The van der Waals surface area contributed by atoms with Crippen LogP contribution in [-0.2, 0) is 0 Å². The van der Waals surface area contributed by atoms with Gasteiger partial charge in [-0.15, -0.1) is 0 Å². The minimum absolute atomic E-state index is 0.559. The van der Waals surface area contributed by atoms with Gasteiger partial charge in [0, 0.05) is 10.9 Å². The van der Waals surface area contributed by atoms with Crippen LogP contribution in [-0.4, -0.2) is 5.75 Å². The minimum atomic E-state index is 0.559. The molecular formula is C11H17NS. The third-order valence-corrected chi connectivity index (χ3v) is 3.37. The van der Waals surface area contributed by atoms with E-state index in [1.165, 1.54) is 17.7 Å². The quantitative estimate of drug-likeness (QED) is 0.744. The molecule has 2 N–H and O–H groups in total. The first-order chi connectivity index (χ1) is 6.24. The number of hydrogen-bond acceptors (Lipinski definition) is 2. The number of anilines is 1. The molecule has 1 aromatic carbocycles. The van der Waals surface area contributed by atoms with Crippen LogP contribution in [0, 0.1) is 0 Å². The maximum atomic E-state index is 5.72. The Morgan fingerprint density at radius 1 is 1.46 bits per heavy atom. The van der Waals surface area contributed by atoms with Gasteiger partial charge >= 0.3 is 0 Å². The molecule has 0 bridgehead atoms. The lowest BCUT2D eigenvalue weighted by atomic mass is 10.1. The molecule has 0 aromatic heterocycles. The van der Waals surface area contributed by atoms with Crippen molar-refractivity contribution < 1.29 is 0 Å². The summed E-state index contributed by atoms with van der Waals surface area (Å²) in [7, 11) is 0. The second-order valence-electron chi connectivity index (χ2n) is 3.18. The maximum Gasteiger partial charge on any atom is 0.0317 e. The Hall–Kier alpha value is -0.630. The molecule has 1 rings (SSSR count). The van der Waals surface area contributed by atoms with Gasteiger partial charge in [0.25, 0.3) is 0 Å². The molecule has 1 nitrogen and oxygen atoms in total. The Morgan fingerprint density at radius 2 is 2.23 bits per heavy atom. The van der Waals surface area contributed by atoms with E-state index in [4.69, 9.17) is 5.73 Å². The molecule has 0 saturated carbocycles. The summed E-state index contributed by atoms with van der Waals surface area (Å²) in [6, 6.07) is 8.16. The Balaban J connectivity index is 2.60. The second-order valence-corrected chi connectivity index (χ2v) is 4.63. The van der Waals surface area contributed by atoms with Gasteiger partial charge in [-0.25, -0.2) is 0 Å². The van der Waals surface area contributed by atoms with Crippen LogP contribution in [0.15, 0.2) is 24.3 Å². The van der Waals surface area contributed by atoms with Gasteiger partial charge in [0.2, 0.25) is 0 Å². The SMILES string of the molecule is CCCSC(C)c1cccc(N)c1. The molecule has 0 amide bonds. The zero-order valence-corrected chi connectivity index (χ0v) is 9.10. The maximum absolute atomic E-state index is 5.72. The monoisotopic (exact) mass is 195 g/mol. The summed E-state index contributed by atoms with van der Waals surface area (Å²) in [4.78, 5) is 0. The first-order valence-corrected chi connectivity index (χ1v) is 5.76. The van der Waals surface area contributed by atoms with Crippen molar-refractivity contribution in [2.24, 2.45) is 0 Å². The number of rotatable bonds is 4. The highest BCUT2D eigenvalue weighted by Gasteiger charge is 2.04. The fraction of sp³-hybridized carbons (Fsp3) is 0.455. The van der Waals surface area contributed by atoms with Gasteiger partial charge in [-0.1, -0.05) is 19.1 Å². The Morgan fingerprint density at radius 3 is 2.85 bits per heavy atom. The van der Waals surface area contributed by atoms with Gasteiger partial charge in [-0.2, -0.15) is 11.8 Å². The van der Waals surface area contributed by atoms with Crippen molar-refractivity contribution in [2.75, 3.05) is 11.5 Å². The number of hydrogen-bond donors (Lipinski definition) is 1. The molecule has 1 unspecified atom stereocenters. The average molecular weight is 195 g/mol. The highest BCUT2D eigenvalue weighted by Crippen LogP contribution is 2.29. The molecule has 0 saturated heterocycles. The Labute approximate surface area is 84.7 Å². The fourth-order valence-electron chi connectivity index (χ4n) is 1.20. The van der Waals surface area contributed by atoms with Gasteiger partial charge < -0.3 is 5.73 Å². The van der Waals surface area contributed by atoms with Crippen molar-refractivity contribution in [3.05, 3.63) is 29.8 Å². The molecule has 0 spiro atoms. The molecule has 0 radical (unpaired) electrons. The molecule has 0 aliphatic rings. The van der Waals surface area contributed by atoms with Crippen LogP contribution in [0.5, 0.6) is 0 Å². The van der Waals surface area contributed by atoms with E-state index in [1.54, 1.807) is 0 Å². The standard InChI is InChI=1S/C11H17NS/c1-3-7-13-9(2)10-5-4-6-11(12)8-10/h4-6,8-9H,3,7,12H2,1-2H3. The molecule has 0 aliphatic carbocycles. The molecule has 72 valence electrons. The zero-order chi connectivity index (χ0) is 9.68. The van der Waals surface area contributed by atoms with Crippen molar-refractivity contribution in [1.29, 1.82) is 0 Å². The highest BCUT2D eigenvalue weighted by molar-refractivity contribution is 7.99. The van der Waals surface area contributed by atoms with E-state index in [0.717, 1.165) is 5.69 Å². The molecule has 0 aliphatic heterocycles. The molecule has 0 fully saturated rings.